The van der Waals surface area contributed by atoms with Crippen LogP contribution in [0.25, 0.3) is 22.3 Å². The molecule has 0 fully saturated rings. The topological polar surface area (TPSA) is 0 Å². The van der Waals surface area contributed by atoms with Crippen molar-refractivity contribution in [1.29, 1.82) is 0 Å². The Morgan fingerprint density at radius 1 is 0.679 bits per heavy atom. The molecule has 0 bridgehead atoms. The quantitative estimate of drug-likeness (QED) is 0.355. The fourth-order valence-corrected chi connectivity index (χ4v) is 3.32. The minimum absolute atomic E-state index is 0.970. The summed E-state index contributed by atoms with van der Waals surface area (Å²) in [5.41, 5.74) is 9.37. The second-order valence-electron chi connectivity index (χ2n) is 7.36. The number of rotatable bonds is 8. The van der Waals surface area contributed by atoms with Gasteiger partial charge in [0.15, 0.2) is 0 Å². The van der Waals surface area contributed by atoms with Gasteiger partial charge in [-0.25, -0.2) is 0 Å². The van der Waals surface area contributed by atoms with E-state index < -0.39 is 0 Å². The number of allylic oxidation sites excluding steroid dienone is 3. The van der Waals surface area contributed by atoms with E-state index in [9.17, 15) is 0 Å². The molecule has 0 radical (unpaired) electrons. The molecule has 0 N–H and O–H groups in total. The van der Waals surface area contributed by atoms with Crippen LogP contribution in [-0.4, -0.2) is 0 Å². The molecule has 0 unspecified atom stereocenters. The van der Waals surface area contributed by atoms with Gasteiger partial charge in [0.1, 0.15) is 0 Å². The second kappa shape index (κ2) is 9.19. The molecule has 3 rings (SSSR count). The summed E-state index contributed by atoms with van der Waals surface area (Å²) < 4.78 is 0. The van der Waals surface area contributed by atoms with Gasteiger partial charge >= 0.3 is 0 Å². The Kier molecular flexibility index (Phi) is 6.45. The highest BCUT2D eigenvalue weighted by molar-refractivity contribution is 5.78. The van der Waals surface area contributed by atoms with E-state index in [-0.39, 0.29) is 0 Å². The van der Waals surface area contributed by atoms with E-state index >= 15 is 0 Å². The SMILES string of the molecule is C=C(CCCc1ccccc1)C(=C)c1ccc(-c2ccc(C(=C)C)cc2)cc1. The van der Waals surface area contributed by atoms with Crippen molar-refractivity contribution < 1.29 is 0 Å². The minimum Gasteiger partial charge on any atom is -0.0955 e. The van der Waals surface area contributed by atoms with Gasteiger partial charge in [-0.05, 0) is 65.1 Å². The van der Waals surface area contributed by atoms with Crippen molar-refractivity contribution >= 4 is 11.1 Å². The Hall–Kier alpha value is -3.12. The first-order valence-electron chi connectivity index (χ1n) is 9.82. The normalized spacial score (nSPS) is 10.5. The summed E-state index contributed by atoms with van der Waals surface area (Å²) in [7, 11) is 0. The summed E-state index contributed by atoms with van der Waals surface area (Å²) in [6.07, 6.45) is 3.14. The zero-order valence-electron chi connectivity index (χ0n) is 16.7. The van der Waals surface area contributed by atoms with Crippen molar-refractivity contribution in [2.45, 2.75) is 26.2 Å². The molecular weight excluding hydrogens is 336 g/mol. The minimum atomic E-state index is 0.970. The second-order valence-corrected chi connectivity index (χ2v) is 7.36. The lowest BCUT2D eigenvalue weighted by Crippen LogP contribution is -1.91. The van der Waals surface area contributed by atoms with E-state index in [1.807, 2.05) is 6.92 Å². The van der Waals surface area contributed by atoms with Gasteiger partial charge in [-0.1, -0.05) is 104 Å². The van der Waals surface area contributed by atoms with Gasteiger partial charge in [0.25, 0.3) is 0 Å². The van der Waals surface area contributed by atoms with Crippen LogP contribution in [0.15, 0.2) is 104 Å². The number of aryl methyl sites for hydroxylation is 1. The van der Waals surface area contributed by atoms with Crippen LogP contribution in [0, 0.1) is 0 Å². The first kappa shape index (κ1) is 19.6. The maximum Gasteiger partial charge on any atom is -0.0184 e. The third kappa shape index (κ3) is 4.98. The van der Waals surface area contributed by atoms with Crippen LogP contribution in [0.2, 0.25) is 0 Å². The molecule has 0 aliphatic carbocycles. The van der Waals surface area contributed by atoms with E-state index in [0.717, 1.165) is 41.5 Å². The highest BCUT2D eigenvalue weighted by atomic mass is 14.1. The molecule has 0 aliphatic heterocycles. The number of hydrogen-bond donors (Lipinski definition) is 0. The Morgan fingerprint density at radius 2 is 1.21 bits per heavy atom. The van der Waals surface area contributed by atoms with Crippen molar-refractivity contribution in [3.63, 3.8) is 0 Å². The van der Waals surface area contributed by atoms with E-state index in [1.165, 1.54) is 22.3 Å². The number of benzene rings is 3. The van der Waals surface area contributed by atoms with Crippen LogP contribution in [0.3, 0.4) is 0 Å². The monoisotopic (exact) mass is 364 g/mol. The average molecular weight is 365 g/mol. The molecule has 0 atom stereocenters. The van der Waals surface area contributed by atoms with Gasteiger partial charge in [0.05, 0.1) is 0 Å². The first-order valence-corrected chi connectivity index (χ1v) is 9.82. The summed E-state index contributed by atoms with van der Waals surface area (Å²) in [5, 5.41) is 0. The lowest BCUT2D eigenvalue weighted by molar-refractivity contribution is 0.828. The van der Waals surface area contributed by atoms with Crippen molar-refractivity contribution in [2.24, 2.45) is 0 Å². The molecule has 0 amide bonds. The molecule has 0 saturated heterocycles. The summed E-state index contributed by atoms with van der Waals surface area (Å²) in [4.78, 5) is 0. The first-order chi connectivity index (χ1) is 13.5. The Balaban J connectivity index is 1.59. The van der Waals surface area contributed by atoms with Crippen LogP contribution in [0.4, 0.5) is 0 Å². The molecule has 0 spiro atoms. The predicted octanol–water partition coefficient (Wildman–Crippen LogP) is 7.98. The van der Waals surface area contributed by atoms with E-state index in [0.29, 0.717) is 0 Å². The van der Waals surface area contributed by atoms with Crippen molar-refractivity contribution in [1.82, 2.24) is 0 Å². The molecule has 0 nitrogen and oxygen atoms in total. The largest absolute Gasteiger partial charge is 0.0955 e. The van der Waals surface area contributed by atoms with Crippen LogP contribution in [-0.2, 0) is 6.42 Å². The van der Waals surface area contributed by atoms with Crippen molar-refractivity contribution in [2.75, 3.05) is 0 Å². The molecule has 0 aromatic heterocycles. The van der Waals surface area contributed by atoms with Gasteiger partial charge in [-0.15, -0.1) is 0 Å². The molecule has 3 aromatic rings. The lowest BCUT2D eigenvalue weighted by atomic mass is 9.94. The van der Waals surface area contributed by atoms with Gasteiger partial charge in [0, 0.05) is 0 Å². The molecular formula is C28H28. The molecule has 28 heavy (non-hydrogen) atoms. The summed E-state index contributed by atoms with van der Waals surface area (Å²) in [5.74, 6) is 0. The lowest BCUT2D eigenvalue weighted by Gasteiger charge is -2.11. The zero-order chi connectivity index (χ0) is 19.9. The highest BCUT2D eigenvalue weighted by Crippen LogP contribution is 2.27. The molecule has 3 aromatic carbocycles. The summed E-state index contributed by atoms with van der Waals surface area (Å²) >= 11 is 0. The number of hydrogen-bond acceptors (Lipinski definition) is 0. The maximum absolute atomic E-state index is 4.27. The van der Waals surface area contributed by atoms with Crippen LogP contribution in [0.5, 0.6) is 0 Å². The average Bonchev–Trinajstić information content (AvgIpc) is 2.74. The molecule has 0 saturated carbocycles. The van der Waals surface area contributed by atoms with Crippen LogP contribution in [0.1, 0.15) is 36.5 Å². The van der Waals surface area contributed by atoms with E-state index in [4.69, 9.17) is 0 Å². The smallest absolute Gasteiger partial charge is 0.0184 e. The third-order valence-electron chi connectivity index (χ3n) is 5.16. The third-order valence-corrected chi connectivity index (χ3v) is 5.16. The fraction of sp³-hybridized carbons (Fsp3) is 0.143. The highest BCUT2D eigenvalue weighted by Gasteiger charge is 2.05. The Bertz CT molecular complexity index is 955. The fourth-order valence-electron chi connectivity index (χ4n) is 3.32. The Labute approximate surface area is 169 Å². The van der Waals surface area contributed by atoms with Crippen molar-refractivity contribution in [3.05, 3.63) is 121 Å². The van der Waals surface area contributed by atoms with E-state index in [1.54, 1.807) is 0 Å². The van der Waals surface area contributed by atoms with Crippen molar-refractivity contribution in [3.8, 4) is 11.1 Å². The Morgan fingerprint density at radius 3 is 1.75 bits per heavy atom. The summed E-state index contributed by atoms with van der Waals surface area (Å²) in [6, 6.07) is 27.8. The van der Waals surface area contributed by atoms with Crippen LogP contribution < -0.4 is 0 Å². The molecule has 0 aliphatic rings. The predicted molar refractivity (Wildman–Crippen MR) is 124 cm³/mol. The maximum atomic E-state index is 4.27. The van der Waals surface area contributed by atoms with Gasteiger partial charge in [-0.3, -0.25) is 0 Å². The van der Waals surface area contributed by atoms with Gasteiger partial charge in [0.2, 0.25) is 0 Å². The van der Waals surface area contributed by atoms with Gasteiger partial charge < -0.3 is 0 Å². The standard InChI is InChI=1S/C28H28/c1-21(2)25-13-17-27(18-14-25)28-19-15-26(16-20-28)23(4)22(3)9-8-12-24-10-6-5-7-11-24/h5-7,10-11,13-20H,1,3-4,8-9,12H2,2H3. The zero-order valence-corrected chi connectivity index (χ0v) is 16.7. The van der Waals surface area contributed by atoms with E-state index in [2.05, 4.69) is 98.6 Å². The van der Waals surface area contributed by atoms with Gasteiger partial charge in [-0.2, -0.15) is 0 Å². The summed E-state index contributed by atoms with van der Waals surface area (Å²) in [6.45, 7) is 14.6. The van der Waals surface area contributed by atoms with Crippen LogP contribution >= 0.6 is 0 Å². The molecule has 0 heterocycles. The molecule has 0 heteroatoms. The molecule has 140 valence electrons.